The highest BCUT2D eigenvalue weighted by Crippen LogP contribution is 2.13. The van der Waals surface area contributed by atoms with Crippen molar-refractivity contribution in [2.24, 2.45) is 10.7 Å². The lowest BCUT2D eigenvalue weighted by Gasteiger charge is -2.21. The Morgan fingerprint density at radius 2 is 2.23 bits per heavy atom. The van der Waals surface area contributed by atoms with E-state index in [1.165, 1.54) is 0 Å². The quantitative estimate of drug-likeness (QED) is 0.353. The van der Waals surface area contributed by atoms with Gasteiger partial charge in [0.15, 0.2) is 12.6 Å². The van der Waals surface area contributed by atoms with E-state index < -0.39 is 5.91 Å². The number of hydrogen-bond donors (Lipinski definition) is 2. The Labute approximate surface area is 174 Å². The minimum Gasteiger partial charge on any atom is -0.484 e. The van der Waals surface area contributed by atoms with Crippen LogP contribution in [0.1, 0.15) is 16.3 Å². The van der Waals surface area contributed by atoms with Gasteiger partial charge >= 0.3 is 0 Å². The molecule has 7 nitrogen and oxygen atoms in total. The van der Waals surface area contributed by atoms with Crippen molar-refractivity contribution < 1.29 is 9.53 Å². The van der Waals surface area contributed by atoms with Gasteiger partial charge in [-0.3, -0.25) is 9.79 Å². The lowest BCUT2D eigenvalue weighted by molar-refractivity contribution is -0.119. The largest absolute Gasteiger partial charge is 0.484 e. The summed E-state index contributed by atoms with van der Waals surface area (Å²) in [5, 5.41) is 6.42. The van der Waals surface area contributed by atoms with Gasteiger partial charge in [0, 0.05) is 26.0 Å². The predicted octanol–water partition coefficient (Wildman–Crippen LogP) is 2.14. The first kappa shape index (κ1) is 22.2. The third-order valence-corrected chi connectivity index (χ3v) is 4.19. The van der Waals surface area contributed by atoms with Crippen molar-refractivity contribution in [3.63, 3.8) is 0 Å². The van der Waals surface area contributed by atoms with Gasteiger partial charge < -0.3 is 20.7 Å². The van der Waals surface area contributed by atoms with Crippen molar-refractivity contribution in [2.75, 3.05) is 20.7 Å². The number of nitrogens with zero attached hydrogens (tertiary/aromatic N) is 3. The van der Waals surface area contributed by atoms with Crippen molar-refractivity contribution >= 4 is 47.2 Å². The van der Waals surface area contributed by atoms with E-state index >= 15 is 0 Å². The number of aromatic nitrogens is 1. The average Bonchev–Trinajstić information content (AvgIpc) is 2.99. The second kappa shape index (κ2) is 11.0. The van der Waals surface area contributed by atoms with E-state index in [9.17, 15) is 4.79 Å². The van der Waals surface area contributed by atoms with E-state index in [2.05, 4.69) is 20.7 Å². The number of primary amides is 1. The number of benzene rings is 1. The standard InChI is InChI=1S/C17H23N5O2S.HI/c1-12-21-14(11-25-12)9-22(3)17(19-2)20-8-13-5-4-6-15(7-13)24-10-16(18)23;/h4-7,11H,8-10H2,1-3H3,(H2,18,23)(H,19,20);1H. The molecule has 0 saturated carbocycles. The zero-order chi connectivity index (χ0) is 18.2. The number of nitrogens with two attached hydrogens (primary N) is 1. The summed E-state index contributed by atoms with van der Waals surface area (Å²) >= 11 is 1.64. The molecule has 0 spiro atoms. The van der Waals surface area contributed by atoms with Gasteiger partial charge in [-0.15, -0.1) is 35.3 Å². The molecule has 0 unspecified atom stereocenters. The number of carbonyl (C=O) groups is 1. The fourth-order valence-electron chi connectivity index (χ4n) is 2.26. The summed E-state index contributed by atoms with van der Waals surface area (Å²) in [6, 6.07) is 7.50. The number of amides is 1. The molecule has 2 rings (SSSR count). The smallest absolute Gasteiger partial charge is 0.255 e. The lowest BCUT2D eigenvalue weighted by atomic mass is 10.2. The Hall–Kier alpha value is -1.88. The number of aryl methyl sites for hydroxylation is 1. The molecular weight excluding hydrogens is 465 g/mol. The van der Waals surface area contributed by atoms with Gasteiger partial charge in [-0.25, -0.2) is 4.98 Å². The molecule has 9 heteroatoms. The molecule has 0 bridgehead atoms. The molecule has 3 N–H and O–H groups in total. The summed E-state index contributed by atoms with van der Waals surface area (Å²) in [7, 11) is 3.72. The molecule has 142 valence electrons. The van der Waals surface area contributed by atoms with Gasteiger partial charge in [0.05, 0.1) is 17.2 Å². The molecule has 2 aromatic rings. The fraction of sp³-hybridized carbons (Fsp3) is 0.353. The van der Waals surface area contributed by atoms with Gasteiger partial charge in [-0.05, 0) is 24.6 Å². The van der Waals surface area contributed by atoms with Crippen LogP contribution in [0.3, 0.4) is 0 Å². The maximum atomic E-state index is 10.8. The van der Waals surface area contributed by atoms with E-state index in [0.717, 1.165) is 22.2 Å². The molecular formula is C17H24IN5O2S. The second-order valence-corrected chi connectivity index (χ2v) is 6.58. The van der Waals surface area contributed by atoms with Gasteiger partial charge in [-0.1, -0.05) is 12.1 Å². The monoisotopic (exact) mass is 489 g/mol. The first-order valence-electron chi connectivity index (χ1n) is 7.80. The summed E-state index contributed by atoms with van der Waals surface area (Å²) < 4.78 is 5.32. The zero-order valence-corrected chi connectivity index (χ0v) is 18.2. The minimum absolute atomic E-state index is 0. The van der Waals surface area contributed by atoms with Gasteiger partial charge in [0.25, 0.3) is 5.91 Å². The van der Waals surface area contributed by atoms with Crippen molar-refractivity contribution in [1.29, 1.82) is 0 Å². The summed E-state index contributed by atoms with van der Waals surface area (Å²) in [6.45, 7) is 3.13. The van der Waals surface area contributed by atoms with Gasteiger partial charge in [-0.2, -0.15) is 0 Å². The minimum atomic E-state index is -0.497. The van der Waals surface area contributed by atoms with E-state index in [1.54, 1.807) is 24.5 Å². The topological polar surface area (TPSA) is 92.8 Å². The number of rotatable bonds is 7. The van der Waals surface area contributed by atoms with Crippen molar-refractivity contribution in [3.05, 3.63) is 45.9 Å². The molecule has 0 aliphatic heterocycles. The highest BCUT2D eigenvalue weighted by atomic mass is 127. The molecule has 0 atom stereocenters. The van der Waals surface area contributed by atoms with Crippen LogP contribution in [0, 0.1) is 6.92 Å². The number of thiazole rings is 1. The third-order valence-electron chi connectivity index (χ3n) is 3.37. The second-order valence-electron chi connectivity index (χ2n) is 5.52. The highest BCUT2D eigenvalue weighted by Gasteiger charge is 2.09. The average molecular weight is 489 g/mol. The number of guanidine groups is 1. The normalized spacial score (nSPS) is 10.8. The van der Waals surface area contributed by atoms with Crippen LogP contribution in [0.15, 0.2) is 34.6 Å². The SMILES string of the molecule is CN=C(NCc1cccc(OCC(N)=O)c1)N(C)Cc1csc(C)n1.I. The van der Waals surface area contributed by atoms with E-state index in [1.807, 2.05) is 37.1 Å². The van der Waals surface area contributed by atoms with E-state index in [-0.39, 0.29) is 30.6 Å². The van der Waals surface area contributed by atoms with Crippen LogP contribution in [0.2, 0.25) is 0 Å². The molecule has 0 aliphatic rings. The van der Waals surface area contributed by atoms with Crippen LogP contribution < -0.4 is 15.8 Å². The van der Waals surface area contributed by atoms with E-state index in [4.69, 9.17) is 10.5 Å². The summed E-state index contributed by atoms with van der Waals surface area (Å²) in [5.74, 6) is 0.885. The number of carbonyl (C=O) groups excluding carboxylic acids is 1. The molecule has 0 fully saturated rings. The van der Waals surface area contributed by atoms with Crippen LogP contribution in [-0.4, -0.2) is 42.5 Å². The first-order valence-corrected chi connectivity index (χ1v) is 8.68. The zero-order valence-electron chi connectivity index (χ0n) is 15.1. The number of nitrogens with one attached hydrogen (secondary N) is 1. The Bertz CT molecular complexity index is 750. The maximum Gasteiger partial charge on any atom is 0.255 e. The lowest BCUT2D eigenvalue weighted by Crippen LogP contribution is -2.38. The molecule has 1 heterocycles. The first-order chi connectivity index (χ1) is 12.0. The molecule has 1 amide bonds. The molecule has 0 radical (unpaired) electrons. The van der Waals surface area contributed by atoms with Crippen molar-refractivity contribution in [1.82, 2.24) is 15.2 Å². The van der Waals surface area contributed by atoms with Crippen LogP contribution in [0.4, 0.5) is 0 Å². The number of aliphatic imine (C=N–C) groups is 1. The van der Waals surface area contributed by atoms with Crippen LogP contribution >= 0.6 is 35.3 Å². The number of ether oxygens (including phenoxy) is 1. The molecule has 0 aliphatic carbocycles. The Kier molecular flexibility index (Phi) is 9.35. The Balaban J connectivity index is 0.00000338. The summed E-state index contributed by atoms with van der Waals surface area (Å²) in [4.78, 5) is 21.6. The number of halogens is 1. The van der Waals surface area contributed by atoms with Crippen LogP contribution in [0.5, 0.6) is 5.75 Å². The predicted molar refractivity (Wildman–Crippen MR) is 115 cm³/mol. The van der Waals surface area contributed by atoms with Crippen molar-refractivity contribution in [2.45, 2.75) is 20.0 Å². The molecule has 0 saturated heterocycles. The highest BCUT2D eigenvalue weighted by molar-refractivity contribution is 14.0. The maximum absolute atomic E-state index is 10.8. The third kappa shape index (κ3) is 7.16. The van der Waals surface area contributed by atoms with Gasteiger partial charge in [0.2, 0.25) is 0 Å². The Morgan fingerprint density at radius 3 is 2.85 bits per heavy atom. The molecule has 1 aromatic carbocycles. The molecule has 1 aromatic heterocycles. The van der Waals surface area contributed by atoms with Gasteiger partial charge in [0.1, 0.15) is 5.75 Å². The Morgan fingerprint density at radius 1 is 1.46 bits per heavy atom. The van der Waals surface area contributed by atoms with Crippen LogP contribution in [0.25, 0.3) is 0 Å². The van der Waals surface area contributed by atoms with Crippen molar-refractivity contribution in [3.8, 4) is 5.75 Å². The van der Waals surface area contributed by atoms with E-state index in [0.29, 0.717) is 18.8 Å². The summed E-state index contributed by atoms with van der Waals surface area (Å²) in [5.41, 5.74) is 7.13. The number of hydrogen-bond acceptors (Lipinski definition) is 5. The summed E-state index contributed by atoms with van der Waals surface area (Å²) in [6.07, 6.45) is 0. The van der Waals surface area contributed by atoms with Crippen LogP contribution in [-0.2, 0) is 17.9 Å². The fourth-order valence-corrected chi connectivity index (χ4v) is 2.87. The molecule has 26 heavy (non-hydrogen) atoms.